The largest absolute Gasteiger partial charge is 0.373 e. The third-order valence-electron chi connectivity index (χ3n) is 3.32. The summed E-state index contributed by atoms with van der Waals surface area (Å²) in [7, 11) is 3.78. The van der Waals surface area contributed by atoms with Crippen molar-refractivity contribution in [2.75, 3.05) is 17.7 Å². The van der Waals surface area contributed by atoms with Crippen molar-refractivity contribution in [3.8, 4) is 0 Å². The molecule has 0 atom stereocenters. The van der Waals surface area contributed by atoms with Gasteiger partial charge in [-0.15, -0.1) is 0 Å². The summed E-state index contributed by atoms with van der Waals surface area (Å²) < 4.78 is 1.79. The number of hydrogen-bond acceptors (Lipinski definition) is 5. The van der Waals surface area contributed by atoms with Crippen LogP contribution < -0.4 is 10.6 Å². The highest BCUT2D eigenvalue weighted by molar-refractivity contribution is 5.65. The number of hydrogen-bond donors (Lipinski definition) is 2. The highest BCUT2D eigenvalue weighted by Gasteiger charge is 2.21. The first-order chi connectivity index (χ1) is 9.72. The summed E-state index contributed by atoms with van der Waals surface area (Å²) in [6.45, 7) is 10.3. The van der Waals surface area contributed by atoms with Crippen molar-refractivity contribution in [2.45, 2.75) is 40.0 Å². The van der Waals surface area contributed by atoms with E-state index in [-0.39, 0.29) is 5.41 Å². The minimum Gasteiger partial charge on any atom is -0.373 e. The van der Waals surface area contributed by atoms with E-state index >= 15 is 0 Å². The summed E-state index contributed by atoms with van der Waals surface area (Å²) in [5.41, 5.74) is 2.79. The Balaban J connectivity index is 2.49. The van der Waals surface area contributed by atoms with Gasteiger partial charge in [-0.05, 0) is 13.8 Å². The van der Waals surface area contributed by atoms with E-state index in [2.05, 4.69) is 41.5 Å². The molecule has 0 amide bonds. The molecule has 2 aromatic rings. The maximum atomic E-state index is 4.70. The highest BCUT2D eigenvalue weighted by Crippen LogP contribution is 2.28. The molecule has 2 aromatic heterocycles. The standard InChI is InChI=1S/C15H24N6/c1-9-12(16-6)18-14(15(3,4)5)19-13(9)17-11-8-21(7)20-10(11)2/h8H,1-7H3,(H2,16,17,18,19). The molecule has 0 aliphatic heterocycles. The third kappa shape index (κ3) is 3.15. The van der Waals surface area contributed by atoms with E-state index in [1.54, 1.807) is 4.68 Å². The van der Waals surface area contributed by atoms with Crippen molar-refractivity contribution < 1.29 is 0 Å². The first-order valence-corrected chi connectivity index (χ1v) is 7.06. The monoisotopic (exact) mass is 288 g/mol. The normalized spacial score (nSPS) is 11.6. The predicted molar refractivity (Wildman–Crippen MR) is 86.2 cm³/mol. The molecule has 6 nitrogen and oxygen atoms in total. The van der Waals surface area contributed by atoms with Gasteiger partial charge in [0.05, 0.1) is 11.4 Å². The summed E-state index contributed by atoms with van der Waals surface area (Å²) in [6.07, 6.45) is 1.95. The molecule has 114 valence electrons. The quantitative estimate of drug-likeness (QED) is 0.909. The molecule has 0 fully saturated rings. The molecule has 2 heterocycles. The van der Waals surface area contributed by atoms with Gasteiger partial charge in [-0.25, -0.2) is 9.97 Å². The van der Waals surface area contributed by atoms with Crippen molar-refractivity contribution in [3.63, 3.8) is 0 Å². The van der Waals surface area contributed by atoms with Crippen molar-refractivity contribution in [1.29, 1.82) is 0 Å². The van der Waals surface area contributed by atoms with Crippen molar-refractivity contribution >= 4 is 17.3 Å². The van der Waals surface area contributed by atoms with E-state index < -0.39 is 0 Å². The molecule has 0 saturated heterocycles. The molecule has 0 unspecified atom stereocenters. The Labute approximate surface area is 126 Å². The van der Waals surface area contributed by atoms with Crippen molar-refractivity contribution in [1.82, 2.24) is 19.7 Å². The average molecular weight is 288 g/mol. The Morgan fingerprint density at radius 3 is 2.19 bits per heavy atom. The van der Waals surface area contributed by atoms with Gasteiger partial charge < -0.3 is 10.6 Å². The molecule has 0 aliphatic carbocycles. The van der Waals surface area contributed by atoms with Gasteiger partial charge in [0.15, 0.2) is 0 Å². The lowest BCUT2D eigenvalue weighted by atomic mass is 9.95. The topological polar surface area (TPSA) is 67.7 Å². The van der Waals surface area contributed by atoms with Crippen LogP contribution in [0.1, 0.15) is 37.9 Å². The van der Waals surface area contributed by atoms with Crippen LogP contribution in [0, 0.1) is 13.8 Å². The minimum absolute atomic E-state index is 0.111. The minimum atomic E-state index is -0.111. The zero-order valence-electron chi connectivity index (χ0n) is 13.9. The van der Waals surface area contributed by atoms with Gasteiger partial charge in [-0.2, -0.15) is 5.10 Å². The van der Waals surface area contributed by atoms with Gasteiger partial charge in [0.1, 0.15) is 17.5 Å². The first-order valence-electron chi connectivity index (χ1n) is 7.06. The van der Waals surface area contributed by atoms with Gasteiger partial charge in [-0.3, -0.25) is 4.68 Å². The van der Waals surface area contributed by atoms with Crippen LogP contribution in [0.5, 0.6) is 0 Å². The predicted octanol–water partition coefficient (Wildman–Crippen LogP) is 2.91. The average Bonchev–Trinajstić information content (AvgIpc) is 2.69. The number of rotatable bonds is 3. The number of aryl methyl sites for hydroxylation is 2. The van der Waals surface area contributed by atoms with Crippen molar-refractivity contribution in [3.05, 3.63) is 23.3 Å². The van der Waals surface area contributed by atoms with Gasteiger partial charge in [0.2, 0.25) is 0 Å². The molecular formula is C15H24N6. The van der Waals surface area contributed by atoms with E-state index in [1.807, 2.05) is 34.1 Å². The molecule has 6 heteroatoms. The number of nitrogens with zero attached hydrogens (tertiary/aromatic N) is 4. The zero-order chi connectivity index (χ0) is 15.8. The van der Waals surface area contributed by atoms with Crippen LogP contribution >= 0.6 is 0 Å². The number of anilines is 3. The highest BCUT2D eigenvalue weighted by atomic mass is 15.3. The molecule has 2 N–H and O–H groups in total. The third-order valence-corrected chi connectivity index (χ3v) is 3.32. The summed E-state index contributed by atoms with van der Waals surface area (Å²) in [5.74, 6) is 2.47. The Morgan fingerprint density at radius 1 is 1.10 bits per heavy atom. The van der Waals surface area contributed by atoms with Crippen LogP contribution in [0.2, 0.25) is 0 Å². The van der Waals surface area contributed by atoms with Crippen LogP contribution in [0.15, 0.2) is 6.20 Å². The van der Waals surface area contributed by atoms with Gasteiger partial charge >= 0.3 is 0 Å². The lowest BCUT2D eigenvalue weighted by Crippen LogP contribution is -2.18. The maximum absolute atomic E-state index is 4.70. The molecule has 0 saturated carbocycles. The van der Waals surface area contributed by atoms with E-state index in [0.29, 0.717) is 0 Å². The van der Waals surface area contributed by atoms with Crippen LogP contribution in [0.3, 0.4) is 0 Å². The fourth-order valence-corrected chi connectivity index (χ4v) is 2.07. The Bertz CT molecular complexity index is 651. The zero-order valence-corrected chi connectivity index (χ0v) is 13.9. The van der Waals surface area contributed by atoms with E-state index in [4.69, 9.17) is 4.98 Å². The van der Waals surface area contributed by atoms with E-state index in [9.17, 15) is 0 Å². The molecule has 0 bridgehead atoms. The fraction of sp³-hybridized carbons (Fsp3) is 0.533. The molecule has 21 heavy (non-hydrogen) atoms. The SMILES string of the molecule is CNc1nc(C(C)(C)C)nc(Nc2cn(C)nc2C)c1C. The molecular weight excluding hydrogens is 264 g/mol. The second-order valence-corrected chi connectivity index (χ2v) is 6.30. The summed E-state index contributed by atoms with van der Waals surface area (Å²) in [5, 5.41) is 10.9. The van der Waals surface area contributed by atoms with Gasteiger partial charge in [0.25, 0.3) is 0 Å². The fourth-order valence-electron chi connectivity index (χ4n) is 2.07. The van der Waals surface area contributed by atoms with E-state index in [0.717, 1.165) is 34.4 Å². The van der Waals surface area contributed by atoms with Crippen LogP contribution in [-0.4, -0.2) is 26.8 Å². The second kappa shape index (κ2) is 5.35. The summed E-state index contributed by atoms with van der Waals surface area (Å²) >= 11 is 0. The maximum Gasteiger partial charge on any atom is 0.139 e. The van der Waals surface area contributed by atoms with E-state index in [1.165, 1.54) is 0 Å². The molecule has 0 aromatic carbocycles. The first kappa shape index (κ1) is 15.3. The molecule has 0 radical (unpaired) electrons. The van der Waals surface area contributed by atoms with Gasteiger partial charge in [-0.1, -0.05) is 20.8 Å². The van der Waals surface area contributed by atoms with Gasteiger partial charge in [0, 0.05) is 31.3 Å². The second-order valence-electron chi connectivity index (χ2n) is 6.30. The molecule has 0 spiro atoms. The summed E-state index contributed by atoms with van der Waals surface area (Å²) in [4.78, 5) is 9.31. The van der Waals surface area contributed by atoms with Crippen LogP contribution in [0.25, 0.3) is 0 Å². The molecule has 2 rings (SSSR count). The van der Waals surface area contributed by atoms with Crippen LogP contribution in [-0.2, 0) is 12.5 Å². The summed E-state index contributed by atoms with van der Waals surface area (Å²) in [6, 6.07) is 0. The van der Waals surface area contributed by atoms with Crippen LogP contribution in [0.4, 0.5) is 17.3 Å². The van der Waals surface area contributed by atoms with Crippen molar-refractivity contribution in [2.24, 2.45) is 7.05 Å². The lowest BCUT2D eigenvalue weighted by molar-refractivity contribution is 0.546. The lowest BCUT2D eigenvalue weighted by Gasteiger charge is -2.20. The Kier molecular flexibility index (Phi) is 3.89. The number of aromatic nitrogens is 4. The smallest absolute Gasteiger partial charge is 0.139 e. The Hall–Kier alpha value is -2.11. The Morgan fingerprint density at radius 2 is 1.71 bits per heavy atom. The number of nitrogens with one attached hydrogen (secondary N) is 2. The molecule has 0 aliphatic rings.